The highest BCUT2D eigenvalue weighted by Crippen LogP contribution is 2.30. The summed E-state index contributed by atoms with van der Waals surface area (Å²) < 4.78 is 28.7. The summed E-state index contributed by atoms with van der Waals surface area (Å²) in [5, 5.41) is 11.3. The lowest BCUT2D eigenvalue weighted by atomic mass is 10.1. The number of anilines is 1. The summed E-state index contributed by atoms with van der Waals surface area (Å²) in [5.41, 5.74) is 0.804. The molecule has 0 aliphatic carbocycles. The molecule has 0 amide bonds. The lowest BCUT2D eigenvalue weighted by Gasteiger charge is -2.18. The number of para-hydroxylation sites is 1. The zero-order chi connectivity index (χ0) is 23.8. The number of sulfonamides is 1. The van der Waals surface area contributed by atoms with Crippen molar-refractivity contribution in [2.45, 2.75) is 17.4 Å². The van der Waals surface area contributed by atoms with Crippen LogP contribution in [0.3, 0.4) is 0 Å². The van der Waals surface area contributed by atoms with Gasteiger partial charge in [-0.05, 0) is 24.3 Å². The maximum atomic E-state index is 13.2. The van der Waals surface area contributed by atoms with E-state index in [2.05, 4.69) is 14.7 Å². The third-order valence-electron chi connectivity index (χ3n) is 5.29. The molecule has 3 N–H and O–H groups in total. The molecular weight excluding hydrogens is 444 g/mol. The number of aliphatic carboxylic acids is 1. The molecule has 9 nitrogen and oxygen atoms in total. The summed E-state index contributed by atoms with van der Waals surface area (Å²) in [6.07, 6.45) is -0.331. The molecule has 0 fully saturated rings. The standard InChI is InChI=1S/C23H22N4O5S/c1-27(2)19-11-5-9-15-14(19)8-6-12-20(15)33(31,32)26-18(23(29)30)13-21-24-17-10-4-3-7-16(17)22(28)25-21/h3-12,18,26H,13H2,1-2H3,(H,29,30)(H,24,25,28)/t18-/m0/s1. The van der Waals surface area contributed by atoms with E-state index >= 15 is 0 Å². The molecule has 4 rings (SSSR count). The third-order valence-corrected chi connectivity index (χ3v) is 6.82. The number of hydrogen-bond donors (Lipinski definition) is 3. The molecule has 0 saturated heterocycles. The van der Waals surface area contributed by atoms with Crippen LogP contribution in [0, 0.1) is 0 Å². The normalized spacial score (nSPS) is 12.7. The largest absolute Gasteiger partial charge is 0.480 e. The third kappa shape index (κ3) is 4.43. The van der Waals surface area contributed by atoms with Gasteiger partial charge < -0.3 is 15.0 Å². The van der Waals surface area contributed by atoms with Crippen LogP contribution in [0.2, 0.25) is 0 Å². The Morgan fingerprint density at radius 3 is 2.42 bits per heavy atom. The molecule has 10 heteroatoms. The monoisotopic (exact) mass is 466 g/mol. The van der Waals surface area contributed by atoms with Crippen LogP contribution in [0.1, 0.15) is 5.82 Å². The van der Waals surface area contributed by atoms with Gasteiger partial charge in [-0.15, -0.1) is 0 Å². The van der Waals surface area contributed by atoms with E-state index in [-0.39, 0.29) is 17.1 Å². The van der Waals surface area contributed by atoms with Crippen LogP contribution < -0.4 is 15.2 Å². The fourth-order valence-electron chi connectivity index (χ4n) is 3.74. The number of nitrogens with one attached hydrogen (secondary N) is 2. The van der Waals surface area contributed by atoms with Gasteiger partial charge >= 0.3 is 5.97 Å². The van der Waals surface area contributed by atoms with Crippen molar-refractivity contribution in [1.82, 2.24) is 14.7 Å². The molecule has 0 spiro atoms. The Morgan fingerprint density at radius 1 is 1.03 bits per heavy atom. The number of carboxylic acid groups (broad SMARTS) is 1. The number of H-pyrrole nitrogens is 1. The Hall–Kier alpha value is -3.76. The molecule has 0 saturated carbocycles. The molecule has 1 aromatic heterocycles. The topological polar surface area (TPSA) is 132 Å². The Balaban J connectivity index is 1.71. The average Bonchev–Trinajstić information content (AvgIpc) is 2.77. The second kappa shape index (κ2) is 8.64. The number of fused-ring (bicyclic) bond motifs is 2. The fraction of sp³-hybridized carbons (Fsp3) is 0.174. The summed E-state index contributed by atoms with van der Waals surface area (Å²) >= 11 is 0. The molecule has 3 aromatic carbocycles. The van der Waals surface area contributed by atoms with Crippen molar-refractivity contribution in [1.29, 1.82) is 0 Å². The Labute approximate surface area is 189 Å². The minimum atomic E-state index is -4.22. The van der Waals surface area contributed by atoms with Crippen molar-refractivity contribution in [2.24, 2.45) is 0 Å². The molecule has 0 aliphatic heterocycles. The predicted octanol–water partition coefficient (Wildman–Crippen LogP) is 2.12. The quantitative estimate of drug-likeness (QED) is 0.380. The molecular formula is C23H22N4O5S. The summed E-state index contributed by atoms with van der Waals surface area (Å²) in [6, 6.07) is 15.2. The van der Waals surface area contributed by atoms with Gasteiger partial charge in [-0.2, -0.15) is 4.72 Å². The first-order chi connectivity index (χ1) is 15.7. The molecule has 33 heavy (non-hydrogen) atoms. The molecule has 0 radical (unpaired) electrons. The zero-order valence-corrected chi connectivity index (χ0v) is 18.8. The second-order valence-electron chi connectivity index (χ2n) is 7.77. The predicted molar refractivity (Wildman–Crippen MR) is 126 cm³/mol. The number of nitrogens with zero attached hydrogens (tertiary/aromatic N) is 2. The van der Waals surface area contributed by atoms with Crippen molar-refractivity contribution in [3.8, 4) is 0 Å². The number of carbonyl (C=O) groups is 1. The maximum absolute atomic E-state index is 13.2. The van der Waals surface area contributed by atoms with Crippen molar-refractivity contribution >= 4 is 43.4 Å². The molecule has 0 bridgehead atoms. The van der Waals surface area contributed by atoms with Gasteiger partial charge in [-0.1, -0.05) is 36.4 Å². The van der Waals surface area contributed by atoms with E-state index in [1.54, 1.807) is 42.5 Å². The number of carboxylic acids is 1. The maximum Gasteiger partial charge on any atom is 0.322 e. The van der Waals surface area contributed by atoms with Crippen LogP contribution in [0.4, 0.5) is 5.69 Å². The van der Waals surface area contributed by atoms with Crippen LogP contribution in [0.5, 0.6) is 0 Å². The summed E-state index contributed by atoms with van der Waals surface area (Å²) in [4.78, 5) is 32.9. The van der Waals surface area contributed by atoms with E-state index in [4.69, 9.17) is 0 Å². The lowest BCUT2D eigenvalue weighted by molar-refractivity contribution is -0.139. The second-order valence-corrected chi connectivity index (χ2v) is 9.45. The SMILES string of the molecule is CN(C)c1cccc2c(S(=O)(=O)N[C@@H](Cc3nc4ccccc4c(=O)[nH]3)C(=O)O)cccc12. The summed E-state index contributed by atoms with van der Waals surface area (Å²) in [7, 11) is -0.509. The molecule has 0 aliphatic rings. The highest BCUT2D eigenvalue weighted by molar-refractivity contribution is 7.89. The van der Waals surface area contributed by atoms with E-state index < -0.39 is 27.6 Å². The zero-order valence-electron chi connectivity index (χ0n) is 17.9. The Bertz CT molecular complexity index is 1530. The Kier molecular flexibility index (Phi) is 5.88. The van der Waals surface area contributed by atoms with Gasteiger partial charge in [0.25, 0.3) is 5.56 Å². The first-order valence-corrected chi connectivity index (χ1v) is 11.6. The van der Waals surface area contributed by atoms with Crippen LogP contribution in [-0.4, -0.2) is 49.6 Å². The highest BCUT2D eigenvalue weighted by Gasteiger charge is 2.28. The van der Waals surface area contributed by atoms with Crippen LogP contribution in [-0.2, 0) is 21.2 Å². The molecule has 0 unspecified atom stereocenters. The van der Waals surface area contributed by atoms with Gasteiger partial charge in [0.2, 0.25) is 10.0 Å². The van der Waals surface area contributed by atoms with Crippen LogP contribution >= 0.6 is 0 Å². The number of hydrogen-bond acceptors (Lipinski definition) is 6. The molecule has 1 heterocycles. The van der Waals surface area contributed by atoms with Crippen LogP contribution in [0.25, 0.3) is 21.7 Å². The number of rotatable bonds is 7. The van der Waals surface area contributed by atoms with E-state index in [0.717, 1.165) is 11.1 Å². The van der Waals surface area contributed by atoms with Crippen LogP contribution in [0.15, 0.2) is 70.4 Å². The van der Waals surface area contributed by atoms with E-state index in [1.807, 2.05) is 31.1 Å². The van der Waals surface area contributed by atoms with Gasteiger partial charge in [0, 0.05) is 37.0 Å². The van der Waals surface area contributed by atoms with Gasteiger partial charge in [0.15, 0.2) is 0 Å². The lowest BCUT2D eigenvalue weighted by Crippen LogP contribution is -2.42. The minimum Gasteiger partial charge on any atom is -0.480 e. The van der Waals surface area contributed by atoms with Gasteiger partial charge in [-0.3, -0.25) is 9.59 Å². The number of aromatic nitrogens is 2. The fourth-order valence-corrected chi connectivity index (χ4v) is 5.15. The van der Waals surface area contributed by atoms with E-state index in [0.29, 0.717) is 16.3 Å². The first-order valence-electron chi connectivity index (χ1n) is 10.1. The van der Waals surface area contributed by atoms with Crippen molar-refractivity contribution in [2.75, 3.05) is 19.0 Å². The molecule has 170 valence electrons. The highest BCUT2D eigenvalue weighted by atomic mass is 32.2. The summed E-state index contributed by atoms with van der Waals surface area (Å²) in [6.45, 7) is 0. The van der Waals surface area contributed by atoms with Gasteiger partial charge in [0.05, 0.1) is 15.8 Å². The van der Waals surface area contributed by atoms with E-state index in [1.165, 1.54) is 6.07 Å². The Morgan fingerprint density at radius 2 is 1.70 bits per heavy atom. The smallest absolute Gasteiger partial charge is 0.322 e. The van der Waals surface area contributed by atoms with E-state index in [9.17, 15) is 23.1 Å². The van der Waals surface area contributed by atoms with Crippen molar-refractivity contribution in [3.05, 3.63) is 76.8 Å². The van der Waals surface area contributed by atoms with Crippen molar-refractivity contribution < 1.29 is 18.3 Å². The minimum absolute atomic E-state index is 0.0325. The molecule has 1 atom stereocenters. The van der Waals surface area contributed by atoms with Crippen molar-refractivity contribution in [3.63, 3.8) is 0 Å². The summed E-state index contributed by atoms with van der Waals surface area (Å²) in [5.74, 6) is -1.31. The number of benzene rings is 3. The first kappa shape index (κ1) is 22.4. The van der Waals surface area contributed by atoms with Gasteiger partial charge in [0.1, 0.15) is 11.9 Å². The van der Waals surface area contributed by atoms with Gasteiger partial charge in [-0.25, -0.2) is 13.4 Å². The number of aromatic amines is 1. The average molecular weight is 467 g/mol. The molecule has 4 aromatic rings.